The molecule has 0 saturated heterocycles. The molecule has 156 valence electrons. The molecule has 0 atom stereocenters. The molecule has 4 rings (SSSR count). The van der Waals surface area contributed by atoms with Crippen molar-refractivity contribution >= 4 is 17.5 Å². The van der Waals surface area contributed by atoms with Crippen LogP contribution in [0.25, 0.3) is 11.3 Å². The van der Waals surface area contributed by atoms with Crippen molar-refractivity contribution in [1.29, 1.82) is 0 Å². The van der Waals surface area contributed by atoms with E-state index < -0.39 is 5.97 Å². The molecule has 0 unspecified atom stereocenters. The Balaban J connectivity index is 1.79. The Morgan fingerprint density at radius 1 is 1.20 bits per heavy atom. The number of carbonyl (C=O) groups excluding carboxylic acids is 1. The summed E-state index contributed by atoms with van der Waals surface area (Å²) in [6.07, 6.45) is 0.589. The number of benzene rings is 2. The van der Waals surface area contributed by atoms with Crippen molar-refractivity contribution in [2.75, 3.05) is 26.1 Å². The molecule has 7 nitrogen and oxygen atoms in total. The minimum Gasteiger partial charge on any atom is -0.493 e. The van der Waals surface area contributed by atoms with Crippen molar-refractivity contribution in [2.45, 2.75) is 19.9 Å². The van der Waals surface area contributed by atoms with Gasteiger partial charge in [-0.1, -0.05) is 6.07 Å². The van der Waals surface area contributed by atoms with Gasteiger partial charge in [0, 0.05) is 23.2 Å². The van der Waals surface area contributed by atoms with Crippen LogP contribution < -0.4 is 14.8 Å². The van der Waals surface area contributed by atoms with E-state index in [2.05, 4.69) is 10.4 Å². The number of nitrogens with one attached hydrogen (secondary N) is 1. The summed E-state index contributed by atoms with van der Waals surface area (Å²) in [5.74, 6) is 1.11. The number of fused-ring (bicyclic) bond motifs is 3. The summed E-state index contributed by atoms with van der Waals surface area (Å²) in [6, 6.07) is 9.95. The van der Waals surface area contributed by atoms with Gasteiger partial charge in [-0.2, -0.15) is 5.10 Å². The number of hydrogen-bond donors (Lipinski definition) is 1. The fraction of sp³-hybridized carbons (Fsp3) is 0.273. The van der Waals surface area contributed by atoms with Crippen LogP contribution in [-0.2, 0) is 22.5 Å². The molecule has 1 heterocycles. The molecule has 0 bridgehead atoms. The third kappa shape index (κ3) is 3.56. The van der Waals surface area contributed by atoms with E-state index in [0.717, 1.165) is 22.4 Å². The van der Waals surface area contributed by atoms with Crippen LogP contribution in [0.5, 0.6) is 11.5 Å². The molecule has 0 radical (unpaired) electrons. The Morgan fingerprint density at radius 2 is 1.97 bits per heavy atom. The second-order valence-corrected chi connectivity index (χ2v) is 6.81. The number of methoxy groups -OCH3 is 2. The Hall–Kier alpha value is -3.55. The predicted molar refractivity (Wildman–Crippen MR) is 110 cm³/mol. The molecule has 3 aromatic rings. The maximum Gasteiger partial charge on any atom is 0.327 e. The molecule has 0 saturated carbocycles. The Morgan fingerprint density at radius 3 is 2.67 bits per heavy atom. The number of aromatic nitrogens is 2. The normalized spacial score (nSPS) is 11.6. The van der Waals surface area contributed by atoms with Gasteiger partial charge in [-0.15, -0.1) is 0 Å². The molecule has 1 aromatic heterocycles. The smallest absolute Gasteiger partial charge is 0.327 e. The van der Waals surface area contributed by atoms with Crippen molar-refractivity contribution in [1.82, 2.24) is 9.78 Å². The van der Waals surface area contributed by atoms with Crippen LogP contribution in [-0.4, -0.2) is 36.6 Å². The average Bonchev–Trinajstić information content (AvgIpc) is 3.23. The second kappa shape index (κ2) is 8.06. The second-order valence-electron chi connectivity index (χ2n) is 6.81. The number of halogens is 1. The van der Waals surface area contributed by atoms with E-state index in [1.54, 1.807) is 38.0 Å². The first-order valence-corrected chi connectivity index (χ1v) is 9.57. The molecule has 0 amide bonds. The lowest BCUT2D eigenvalue weighted by Crippen LogP contribution is -2.16. The van der Waals surface area contributed by atoms with Gasteiger partial charge in [-0.3, -0.25) is 4.79 Å². The largest absolute Gasteiger partial charge is 0.493 e. The van der Waals surface area contributed by atoms with Crippen LogP contribution in [0.3, 0.4) is 0 Å². The minimum atomic E-state index is -0.395. The van der Waals surface area contributed by atoms with Gasteiger partial charge in [0.2, 0.25) is 0 Å². The number of nitrogens with zero attached hydrogens (tertiary/aromatic N) is 2. The van der Waals surface area contributed by atoms with E-state index in [9.17, 15) is 9.18 Å². The van der Waals surface area contributed by atoms with Crippen LogP contribution in [0.2, 0.25) is 0 Å². The third-order valence-corrected chi connectivity index (χ3v) is 4.95. The zero-order chi connectivity index (χ0) is 21.3. The van der Waals surface area contributed by atoms with Gasteiger partial charge in [0.25, 0.3) is 0 Å². The van der Waals surface area contributed by atoms with E-state index in [0.29, 0.717) is 29.4 Å². The van der Waals surface area contributed by atoms with Crippen LogP contribution in [0, 0.1) is 5.82 Å². The van der Waals surface area contributed by atoms with E-state index >= 15 is 0 Å². The SMILES string of the molecule is CCOC(=O)Cn1nc2c(c1Nc1cccc(F)c1)Cc1cc(OC)c(OC)cc1-2. The number of esters is 1. The summed E-state index contributed by atoms with van der Waals surface area (Å²) in [5.41, 5.74) is 4.17. The monoisotopic (exact) mass is 411 g/mol. The maximum absolute atomic E-state index is 13.7. The van der Waals surface area contributed by atoms with Gasteiger partial charge in [0.15, 0.2) is 11.5 Å². The van der Waals surface area contributed by atoms with Gasteiger partial charge >= 0.3 is 5.97 Å². The summed E-state index contributed by atoms with van der Waals surface area (Å²) in [5, 5.41) is 7.89. The minimum absolute atomic E-state index is 0.0545. The number of rotatable bonds is 7. The van der Waals surface area contributed by atoms with Crippen LogP contribution in [0.4, 0.5) is 15.9 Å². The first kappa shape index (κ1) is 19.8. The molecular weight excluding hydrogens is 389 g/mol. The molecule has 2 aromatic carbocycles. The van der Waals surface area contributed by atoms with Crippen molar-refractivity contribution in [3.63, 3.8) is 0 Å². The number of carbonyl (C=O) groups is 1. The fourth-order valence-corrected chi connectivity index (χ4v) is 3.65. The van der Waals surface area contributed by atoms with Crippen LogP contribution in [0.1, 0.15) is 18.1 Å². The van der Waals surface area contributed by atoms with Crippen LogP contribution in [0.15, 0.2) is 36.4 Å². The lowest BCUT2D eigenvalue weighted by Gasteiger charge is -2.13. The van der Waals surface area contributed by atoms with Crippen LogP contribution >= 0.6 is 0 Å². The third-order valence-electron chi connectivity index (χ3n) is 4.95. The summed E-state index contributed by atoms with van der Waals surface area (Å²) < 4.78 is 31.2. The quantitative estimate of drug-likeness (QED) is 0.465. The van der Waals surface area contributed by atoms with E-state index in [1.165, 1.54) is 12.1 Å². The highest BCUT2D eigenvalue weighted by Crippen LogP contribution is 2.45. The Bertz CT molecular complexity index is 1110. The van der Waals surface area contributed by atoms with Gasteiger partial charge in [-0.25, -0.2) is 9.07 Å². The molecule has 1 N–H and O–H groups in total. The lowest BCUT2D eigenvalue weighted by atomic mass is 10.1. The standard InChI is InChI=1S/C22H22FN3O4/c1-4-30-20(27)12-26-22(24-15-7-5-6-14(23)10-15)17-8-13-9-18(28-2)19(29-3)11-16(13)21(17)25-26/h5-7,9-11,24H,4,8,12H2,1-3H3. The van der Waals surface area contributed by atoms with Crippen molar-refractivity contribution < 1.29 is 23.4 Å². The molecule has 1 aliphatic carbocycles. The number of ether oxygens (including phenoxy) is 3. The predicted octanol–water partition coefficient (Wildman–Crippen LogP) is 3.92. The topological polar surface area (TPSA) is 74.6 Å². The Kier molecular flexibility index (Phi) is 5.31. The summed E-state index contributed by atoms with van der Waals surface area (Å²) in [4.78, 5) is 12.1. The van der Waals surface area contributed by atoms with Gasteiger partial charge in [0.1, 0.15) is 18.2 Å². The van der Waals surface area contributed by atoms with E-state index in [-0.39, 0.29) is 19.0 Å². The summed E-state index contributed by atoms with van der Waals surface area (Å²) in [7, 11) is 3.17. The summed E-state index contributed by atoms with van der Waals surface area (Å²) >= 11 is 0. The number of hydrogen-bond acceptors (Lipinski definition) is 6. The first-order chi connectivity index (χ1) is 14.5. The molecule has 8 heteroatoms. The van der Waals surface area contributed by atoms with Gasteiger partial charge in [0.05, 0.1) is 26.5 Å². The highest BCUT2D eigenvalue weighted by Gasteiger charge is 2.30. The molecular formula is C22H22FN3O4. The number of anilines is 2. The fourth-order valence-electron chi connectivity index (χ4n) is 3.65. The highest BCUT2D eigenvalue weighted by molar-refractivity contribution is 5.82. The lowest BCUT2D eigenvalue weighted by molar-refractivity contribution is -0.143. The summed E-state index contributed by atoms with van der Waals surface area (Å²) in [6.45, 7) is 1.98. The molecule has 0 spiro atoms. The zero-order valence-electron chi connectivity index (χ0n) is 17.0. The van der Waals surface area contributed by atoms with Crippen molar-refractivity contribution in [3.8, 4) is 22.8 Å². The van der Waals surface area contributed by atoms with Crippen molar-refractivity contribution in [2.24, 2.45) is 0 Å². The first-order valence-electron chi connectivity index (χ1n) is 9.57. The highest BCUT2D eigenvalue weighted by atomic mass is 19.1. The van der Waals surface area contributed by atoms with Gasteiger partial charge in [-0.05, 0) is 42.8 Å². The molecule has 30 heavy (non-hydrogen) atoms. The molecule has 0 fully saturated rings. The van der Waals surface area contributed by atoms with E-state index in [4.69, 9.17) is 14.2 Å². The Labute approximate surface area is 173 Å². The maximum atomic E-state index is 13.7. The molecule has 0 aliphatic heterocycles. The molecule has 1 aliphatic rings. The van der Waals surface area contributed by atoms with Crippen molar-refractivity contribution in [3.05, 3.63) is 53.3 Å². The average molecular weight is 411 g/mol. The zero-order valence-corrected chi connectivity index (χ0v) is 17.0. The van der Waals surface area contributed by atoms with Gasteiger partial charge < -0.3 is 19.5 Å². The van der Waals surface area contributed by atoms with E-state index in [1.807, 2.05) is 12.1 Å².